The number of nitrogens with zero attached hydrogens (tertiary/aromatic N) is 2. The molecule has 3 rings (SSSR count). The van der Waals surface area contributed by atoms with Crippen LogP contribution in [-0.2, 0) is 19.2 Å². The van der Waals surface area contributed by atoms with E-state index in [2.05, 4.69) is 4.98 Å². The average Bonchev–Trinajstić information content (AvgIpc) is 2.73. The van der Waals surface area contributed by atoms with Gasteiger partial charge in [0.1, 0.15) is 11.5 Å². The van der Waals surface area contributed by atoms with Gasteiger partial charge in [-0.3, -0.25) is 9.36 Å². The minimum atomic E-state index is 0.000508. The molecular weight excluding hydrogens is 372 g/mol. The molecule has 0 bridgehead atoms. The van der Waals surface area contributed by atoms with Gasteiger partial charge in [0.15, 0.2) is 5.16 Å². The standard InChI is InChI=1S/C22H24N2O3S/c1-15-20(13-16-5-9-18(26-3)10-6-16)21(25)24(2)22(23-15)28-14-17-7-11-19(27-4)12-8-17/h5-12H,13-14H2,1-4H3. The number of aromatic nitrogens is 2. The Morgan fingerprint density at radius 3 is 2.00 bits per heavy atom. The largest absolute Gasteiger partial charge is 0.497 e. The summed E-state index contributed by atoms with van der Waals surface area (Å²) >= 11 is 1.56. The first-order chi connectivity index (χ1) is 13.5. The highest BCUT2D eigenvalue weighted by atomic mass is 32.2. The number of hydrogen-bond acceptors (Lipinski definition) is 5. The van der Waals surface area contributed by atoms with Crippen LogP contribution in [0.1, 0.15) is 22.4 Å². The fraction of sp³-hybridized carbons (Fsp3) is 0.273. The number of aryl methyl sites for hydroxylation is 1. The van der Waals surface area contributed by atoms with Crippen LogP contribution in [0.3, 0.4) is 0 Å². The van der Waals surface area contributed by atoms with Crippen molar-refractivity contribution >= 4 is 11.8 Å². The third-order valence-electron chi connectivity index (χ3n) is 4.62. The summed E-state index contributed by atoms with van der Waals surface area (Å²) in [4.78, 5) is 17.6. The van der Waals surface area contributed by atoms with Gasteiger partial charge in [-0.2, -0.15) is 0 Å². The Labute approximate surface area is 169 Å². The SMILES string of the molecule is COc1ccc(CSc2nc(C)c(Cc3ccc(OC)cc3)c(=O)n2C)cc1. The first-order valence-electron chi connectivity index (χ1n) is 8.97. The van der Waals surface area contributed by atoms with E-state index < -0.39 is 0 Å². The van der Waals surface area contributed by atoms with Crippen molar-refractivity contribution in [3.63, 3.8) is 0 Å². The number of benzene rings is 2. The van der Waals surface area contributed by atoms with E-state index >= 15 is 0 Å². The minimum absolute atomic E-state index is 0.000508. The van der Waals surface area contributed by atoms with Crippen LogP contribution >= 0.6 is 11.8 Å². The third-order valence-corrected chi connectivity index (χ3v) is 5.72. The zero-order valence-corrected chi connectivity index (χ0v) is 17.4. The van der Waals surface area contributed by atoms with Crippen molar-refractivity contribution in [3.05, 3.63) is 81.3 Å². The van der Waals surface area contributed by atoms with Crippen molar-refractivity contribution in [2.45, 2.75) is 24.3 Å². The number of rotatable bonds is 7. The highest BCUT2D eigenvalue weighted by Gasteiger charge is 2.13. The second-order valence-corrected chi connectivity index (χ2v) is 7.43. The van der Waals surface area contributed by atoms with Crippen LogP contribution in [0, 0.1) is 6.92 Å². The van der Waals surface area contributed by atoms with Gasteiger partial charge in [-0.1, -0.05) is 36.0 Å². The number of thioether (sulfide) groups is 1. The van der Waals surface area contributed by atoms with Crippen molar-refractivity contribution in [1.82, 2.24) is 9.55 Å². The lowest BCUT2D eigenvalue weighted by molar-refractivity contribution is 0.414. The summed E-state index contributed by atoms with van der Waals surface area (Å²) in [5, 5.41) is 0.719. The van der Waals surface area contributed by atoms with E-state index in [1.54, 1.807) is 37.6 Å². The second kappa shape index (κ2) is 8.97. The highest BCUT2D eigenvalue weighted by molar-refractivity contribution is 7.98. The minimum Gasteiger partial charge on any atom is -0.497 e. The van der Waals surface area contributed by atoms with Gasteiger partial charge in [0.25, 0.3) is 5.56 Å². The Bertz CT molecular complexity index is 996. The van der Waals surface area contributed by atoms with Gasteiger partial charge in [0.05, 0.1) is 14.2 Å². The summed E-state index contributed by atoms with van der Waals surface area (Å²) in [7, 11) is 5.07. The maximum atomic E-state index is 12.9. The first-order valence-corrected chi connectivity index (χ1v) is 9.95. The zero-order valence-electron chi connectivity index (χ0n) is 16.6. The molecule has 0 spiro atoms. The highest BCUT2D eigenvalue weighted by Crippen LogP contribution is 2.23. The van der Waals surface area contributed by atoms with E-state index in [4.69, 9.17) is 9.47 Å². The molecule has 146 valence electrons. The molecule has 0 N–H and O–H groups in total. The first kappa shape index (κ1) is 20.0. The third kappa shape index (κ3) is 4.57. The van der Waals surface area contributed by atoms with Crippen LogP contribution in [0.2, 0.25) is 0 Å². The molecule has 1 heterocycles. The number of hydrogen-bond donors (Lipinski definition) is 0. The van der Waals surface area contributed by atoms with Crippen molar-refractivity contribution in [2.24, 2.45) is 7.05 Å². The van der Waals surface area contributed by atoms with E-state index in [-0.39, 0.29) is 5.56 Å². The Kier molecular flexibility index (Phi) is 6.41. The molecule has 0 fully saturated rings. The molecule has 28 heavy (non-hydrogen) atoms. The summed E-state index contributed by atoms with van der Waals surface area (Å²) in [6.07, 6.45) is 0.554. The van der Waals surface area contributed by atoms with Gasteiger partial charge in [-0.05, 0) is 42.3 Å². The maximum absolute atomic E-state index is 12.9. The lowest BCUT2D eigenvalue weighted by Crippen LogP contribution is -2.25. The molecule has 3 aromatic rings. The van der Waals surface area contributed by atoms with Crippen LogP contribution in [0.4, 0.5) is 0 Å². The summed E-state index contributed by atoms with van der Waals surface area (Å²) < 4.78 is 12.0. The maximum Gasteiger partial charge on any atom is 0.257 e. The molecule has 6 heteroatoms. The summed E-state index contributed by atoms with van der Waals surface area (Å²) in [6, 6.07) is 15.7. The summed E-state index contributed by atoms with van der Waals surface area (Å²) in [5.41, 5.74) is 3.71. The number of methoxy groups -OCH3 is 2. The van der Waals surface area contributed by atoms with Crippen LogP contribution in [-0.4, -0.2) is 23.8 Å². The molecule has 0 unspecified atom stereocenters. The van der Waals surface area contributed by atoms with E-state index in [9.17, 15) is 4.79 Å². The summed E-state index contributed by atoms with van der Waals surface area (Å²) in [6.45, 7) is 1.90. The van der Waals surface area contributed by atoms with Gasteiger partial charge >= 0.3 is 0 Å². The monoisotopic (exact) mass is 396 g/mol. The lowest BCUT2D eigenvalue weighted by Gasteiger charge is -2.12. The molecule has 1 aromatic heterocycles. The Morgan fingerprint density at radius 1 is 0.929 bits per heavy atom. The van der Waals surface area contributed by atoms with Crippen LogP contribution in [0.25, 0.3) is 0 Å². The molecule has 2 aromatic carbocycles. The Hall–Kier alpha value is -2.73. The smallest absolute Gasteiger partial charge is 0.257 e. The van der Waals surface area contributed by atoms with E-state index in [0.717, 1.165) is 44.8 Å². The number of ether oxygens (including phenoxy) is 2. The quantitative estimate of drug-likeness (QED) is 0.446. The van der Waals surface area contributed by atoms with Gasteiger partial charge in [-0.15, -0.1) is 0 Å². The van der Waals surface area contributed by atoms with Gasteiger partial charge < -0.3 is 9.47 Å². The molecule has 5 nitrogen and oxygen atoms in total. The molecule has 0 aliphatic heterocycles. The topological polar surface area (TPSA) is 53.4 Å². The zero-order chi connectivity index (χ0) is 20.1. The van der Waals surface area contributed by atoms with Gasteiger partial charge in [0.2, 0.25) is 0 Å². The molecule has 0 saturated carbocycles. The Morgan fingerprint density at radius 2 is 1.46 bits per heavy atom. The van der Waals surface area contributed by atoms with E-state index in [1.807, 2.05) is 55.5 Å². The van der Waals surface area contributed by atoms with Crippen LogP contribution in [0.5, 0.6) is 11.5 Å². The van der Waals surface area contributed by atoms with Crippen molar-refractivity contribution < 1.29 is 9.47 Å². The van der Waals surface area contributed by atoms with Crippen molar-refractivity contribution in [3.8, 4) is 11.5 Å². The lowest BCUT2D eigenvalue weighted by atomic mass is 10.1. The van der Waals surface area contributed by atoms with E-state index in [1.165, 1.54) is 0 Å². The molecule has 0 amide bonds. The molecule has 0 saturated heterocycles. The fourth-order valence-corrected chi connectivity index (χ4v) is 3.85. The molecular formula is C22H24N2O3S. The predicted octanol–water partition coefficient (Wildman–Crippen LogP) is 3.99. The average molecular weight is 397 g/mol. The van der Waals surface area contributed by atoms with Crippen molar-refractivity contribution in [1.29, 1.82) is 0 Å². The van der Waals surface area contributed by atoms with Gasteiger partial charge in [-0.25, -0.2) is 4.98 Å². The normalized spacial score (nSPS) is 10.7. The molecule has 0 radical (unpaired) electrons. The fourth-order valence-electron chi connectivity index (χ4n) is 2.88. The molecule has 0 aliphatic carbocycles. The predicted molar refractivity (Wildman–Crippen MR) is 113 cm³/mol. The van der Waals surface area contributed by atoms with Crippen LogP contribution in [0.15, 0.2) is 58.5 Å². The summed E-state index contributed by atoms with van der Waals surface area (Å²) in [5.74, 6) is 2.37. The van der Waals surface area contributed by atoms with Crippen LogP contribution < -0.4 is 15.0 Å². The second-order valence-electron chi connectivity index (χ2n) is 6.48. The molecule has 0 aliphatic rings. The Balaban J connectivity index is 1.77. The van der Waals surface area contributed by atoms with Crippen molar-refractivity contribution in [2.75, 3.05) is 14.2 Å². The van der Waals surface area contributed by atoms with E-state index in [0.29, 0.717) is 6.42 Å². The molecule has 0 atom stereocenters. The van der Waals surface area contributed by atoms with Gasteiger partial charge in [0, 0.05) is 30.5 Å².